The van der Waals surface area contributed by atoms with Crippen LogP contribution >= 0.6 is 0 Å². The summed E-state index contributed by atoms with van der Waals surface area (Å²) < 4.78 is 0. The van der Waals surface area contributed by atoms with Gasteiger partial charge in [0.2, 0.25) is 0 Å². The third-order valence-electron chi connectivity index (χ3n) is 3.33. The first-order valence-corrected chi connectivity index (χ1v) is 6.43. The Morgan fingerprint density at radius 2 is 2.12 bits per heavy atom. The fourth-order valence-corrected chi connectivity index (χ4v) is 2.46. The molecular weight excluding hydrogens is 210 g/mol. The van der Waals surface area contributed by atoms with Crippen molar-refractivity contribution in [2.45, 2.75) is 32.1 Å². The number of para-hydroxylation sites is 1. The molecule has 0 fully saturated rings. The second-order valence-corrected chi connectivity index (χ2v) is 4.70. The number of nitrogens with two attached hydrogens (primary N) is 1. The summed E-state index contributed by atoms with van der Waals surface area (Å²) in [5.74, 6) is 0.299. The van der Waals surface area contributed by atoms with E-state index in [1.807, 2.05) is 0 Å². The summed E-state index contributed by atoms with van der Waals surface area (Å²) in [4.78, 5) is 2.45. The SMILES string of the molecule is N=C(N)CCCN1CCCCc2ccccc21. The second-order valence-electron chi connectivity index (χ2n) is 4.70. The highest BCUT2D eigenvalue weighted by atomic mass is 15.1. The summed E-state index contributed by atoms with van der Waals surface area (Å²) in [6, 6.07) is 8.69. The number of hydrogen-bond donors (Lipinski definition) is 2. The fraction of sp³-hybridized carbons (Fsp3) is 0.500. The van der Waals surface area contributed by atoms with Crippen LogP contribution in [0.3, 0.4) is 0 Å². The Labute approximate surface area is 103 Å². The van der Waals surface area contributed by atoms with E-state index in [9.17, 15) is 0 Å². The highest BCUT2D eigenvalue weighted by Gasteiger charge is 2.13. The normalized spacial score (nSPS) is 15.2. The fourth-order valence-electron chi connectivity index (χ4n) is 2.46. The summed E-state index contributed by atoms with van der Waals surface area (Å²) in [7, 11) is 0. The number of benzene rings is 1. The van der Waals surface area contributed by atoms with Gasteiger partial charge in [0.25, 0.3) is 0 Å². The molecule has 0 saturated carbocycles. The van der Waals surface area contributed by atoms with Crippen LogP contribution in [-0.4, -0.2) is 18.9 Å². The molecule has 17 heavy (non-hydrogen) atoms. The van der Waals surface area contributed by atoms with Gasteiger partial charge in [0, 0.05) is 25.2 Å². The number of aryl methyl sites for hydroxylation is 1. The van der Waals surface area contributed by atoms with E-state index < -0.39 is 0 Å². The lowest BCUT2D eigenvalue weighted by Gasteiger charge is -2.24. The lowest BCUT2D eigenvalue weighted by molar-refractivity contribution is 0.695. The molecule has 0 saturated heterocycles. The molecule has 0 unspecified atom stereocenters. The maximum absolute atomic E-state index is 7.26. The molecule has 3 N–H and O–H groups in total. The van der Waals surface area contributed by atoms with E-state index in [4.69, 9.17) is 11.1 Å². The van der Waals surface area contributed by atoms with Gasteiger partial charge in [-0.05, 0) is 37.3 Å². The molecule has 0 aromatic heterocycles. The average molecular weight is 231 g/mol. The molecule has 1 aromatic rings. The molecule has 1 heterocycles. The van der Waals surface area contributed by atoms with Crippen molar-refractivity contribution < 1.29 is 0 Å². The minimum absolute atomic E-state index is 0.299. The van der Waals surface area contributed by atoms with Crippen molar-refractivity contribution in [3.05, 3.63) is 29.8 Å². The van der Waals surface area contributed by atoms with Crippen LogP contribution in [0.25, 0.3) is 0 Å². The van der Waals surface area contributed by atoms with Crippen LogP contribution in [0.5, 0.6) is 0 Å². The summed E-state index contributed by atoms with van der Waals surface area (Å²) in [5.41, 5.74) is 8.25. The zero-order valence-electron chi connectivity index (χ0n) is 10.3. The number of anilines is 1. The molecule has 0 amide bonds. The van der Waals surface area contributed by atoms with Crippen molar-refractivity contribution in [3.63, 3.8) is 0 Å². The molecule has 1 aliphatic heterocycles. The number of amidine groups is 1. The van der Waals surface area contributed by atoms with Crippen molar-refractivity contribution >= 4 is 11.5 Å². The Balaban J connectivity index is 2.04. The number of nitrogens with one attached hydrogen (secondary N) is 1. The van der Waals surface area contributed by atoms with Gasteiger partial charge < -0.3 is 10.6 Å². The largest absolute Gasteiger partial charge is 0.388 e. The van der Waals surface area contributed by atoms with Crippen molar-refractivity contribution in [1.29, 1.82) is 5.41 Å². The summed E-state index contributed by atoms with van der Waals surface area (Å²) in [6.07, 6.45) is 5.41. The summed E-state index contributed by atoms with van der Waals surface area (Å²) in [5, 5.41) is 7.26. The van der Waals surface area contributed by atoms with E-state index in [2.05, 4.69) is 29.2 Å². The third-order valence-corrected chi connectivity index (χ3v) is 3.33. The summed E-state index contributed by atoms with van der Waals surface area (Å²) in [6.45, 7) is 2.14. The molecule has 1 aliphatic rings. The van der Waals surface area contributed by atoms with Gasteiger partial charge in [-0.3, -0.25) is 5.41 Å². The van der Waals surface area contributed by atoms with E-state index >= 15 is 0 Å². The molecule has 0 radical (unpaired) electrons. The molecule has 0 bridgehead atoms. The lowest BCUT2D eigenvalue weighted by Crippen LogP contribution is -2.26. The lowest BCUT2D eigenvalue weighted by atomic mass is 10.1. The average Bonchev–Trinajstić information content (AvgIpc) is 2.52. The van der Waals surface area contributed by atoms with Gasteiger partial charge in [0.15, 0.2) is 0 Å². The van der Waals surface area contributed by atoms with Crippen LogP contribution in [0.4, 0.5) is 5.69 Å². The van der Waals surface area contributed by atoms with Gasteiger partial charge in [-0.15, -0.1) is 0 Å². The number of hydrogen-bond acceptors (Lipinski definition) is 2. The van der Waals surface area contributed by atoms with E-state index in [1.54, 1.807) is 0 Å². The van der Waals surface area contributed by atoms with E-state index in [0.717, 1.165) is 19.5 Å². The van der Waals surface area contributed by atoms with Crippen molar-refractivity contribution in [2.24, 2.45) is 5.73 Å². The van der Waals surface area contributed by atoms with Crippen molar-refractivity contribution in [1.82, 2.24) is 0 Å². The van der Waals surface area contributed by atoms with Crippen LogP contribution < -0.4 is 10.6 Å². The molecule has 3 nitrogen and oxygen atoms in total. The Morgan fingerprint density at radius 1 is 1.29 bits per heavy atom. The van der Waals surface area contributed by atoms with Gasteiger partial charge in [0.05, 0.1) is 5.84 Å². The first-order chi connectivity index (χ1) is 8.27. The standard InChI is InChI=1S/C14H21N3/c15-14(16)9-5-11-17-10-4-3-7-12-6-1-2-8-13(12)17/h1-2,6,8H,3-5,7,9-11H2,(H3,15,16). The highest BCUT2D eigenvalue weighted by molar-refractivity contribution is 5.76. The first kappa shape index (κ1) is 12.0. The highest BCUT2D eigenvalue weighted by Crippen LogP contribution is 2.26. The van der Waals surface area contributed by atoms with Crippen LogP contribution in [-0.2, 0) is 6.42 Å². The topological polar surface area (TPSA) is 53.1 Å². The Bertz CT molecular complexity index is 387. The zero-order valence-corrected chi connectivity index (χ0v) is 10.3. The first-order valence-electron chi connectivity index (χ1n) is 6.43. The number of fused-ring (bicyclic) bond motifs is 1. The minimum atomic E-state index is 0.299. The molecule has 1 aromatic carbocycles. The maximum atomic E-state index is 7.26. The maximum Gasteiger partial charge on any atom is 0.0905 e. The Hall–Kier alpha value is -1.51. The Morgan fingerprint density at radius 3 is 2.94 bits per heavy atom. The predicted molar refractivity (Wildman–Crippen MR) is 72.7 cm³/mol. The zero-order chi connectivity index (χ0) is 12.1. The van der Waals surface area contributed by atoms with Gasteiger partial charge in [-0.25, -0.2) is 0 Å². The molecule has 0 atom stereocenters. The van der Waals surface area contributed by atoms with Gasteiger partial charge in [-0.2, -0.15) is 0 Å². The molecule has 2 rings (SSSR count). The van der Waals surface area contributed by atoms with Crippen molar-refractivity contribution in [2.75, 3.05) is 18.0 Å². The molecule has 0 spiro atoms. The monoisotopic (exact) mass is 231 g/mol. The van der Waals surface area contributed by atoms with Crippen molar-refractivity contribution in [3.8, 4) is 0 Å². The van der Waals surface area contributed by atoms with Gasteiger partial charge in [0.1, 0.15) is 0 Å². The number of rotatable bonds is 4. The van der Waals surface area contributed by atoms with E-state index in [0.29, 0.717) is 12.3 Å². The quantitative estimate of drug-likeness (QED) is 0.618. The van der Waals surface area contributed by atoms with E-state index in [-0.39, 0.29) is 0 Å². The number of nitrogens with zero attached hydrogens (tertiary/aromatic N) is 1. The van der Waals surface area contributed by atoms with Crippen LogP contribution in [0, 0.1) is 5.41 Å². The molecule has 92 valence electrons. The smallest absolute Gasteiger partial charge is 0.0905 e. The molecule has 3 heteroatoms. The van der Waals surface area contributed by atoms with Gasteiger partial charge >= 0.3 is 0 Å². The minimum Gasteiger partial charge on any atom is -0.388 e. The second kappa shape index (κ2) is 5.71. The molecular formula is C14H21N3. The van der Waals surface area contributed by atoms with Crippen LogP contribution in [0.2, 0.25) is 0 Å². The Kier molecular flexibility index (Phi) is 4.02. The van der Waals surface area contributed by atoms with Gasteiger partial charge in [-0.1, -0.05) is 18.2 Å². The third kappa shape index (κ3) is 3.22. The van der Waals surface area contributed by atoms with Crippen LogP contribution in [0.1, 0.15) is 31.2 Å². The summed E-state index contributed by atoms with van der Waals surface area (Å²) >= 11 is 0. The van der Waals surface area contributed by atoms with E-state index in [1.165, 1.54) is 30.5 Å². The van der Waals surface area contributed by atoms with Crippen LogP contribution in [0.15, 0.2) is 24.3 Å². The molecule has 0 aliphatic carbocycles. The predicted octanol–water partition coefficient (Wildman–Crippen LogP) is 2.55.